The molecule has 72 heavy (non-hydrogen) atoms. The van der Waals surface area contributed by atoms with Crippen molar-refractivity contribution >= 4 is 90.6 Å². The Kier molecular flexibility index (Phi) is 13.1. The Morgan fingerprint density at radius 3 is 1.31 bits per heavy atom. The SMILES string of the molecule is C=C/C=c1/cccc/c1=C/CN(c1ccccc1)c1ccc(N(c2ccc(N(C3=CCC(C)C=C3)c3ccc4ccccc4c3)cc2)c2ccc(N(c3ccccc3)c3ccc4ccccc4c3)cc2)cc1. The molecule has 10 aromatic rings. The highest BCUT2D eigenvalue weighted by Gasteiger charge is 2.20. The largest absolute Gasteiger partial charge is 0.338 e. The monoisotopic (exact) mass is 928 g/mol. The first-order valence-corrected chi connectivity index (χ1v) is 24.9. The van der Waals surface area contributed by atoms with Crippen LogP contribution in [0.3, 0.4) is 0 Å². The molecule has 4 heteroatoms. The van der Waals surface area contributed by atoms with Crippen molar-refractivity contribution < 1.29 is 0 Å². The Morgan fingerprint density at radius 1 is 0.403 bits per heavy atom. The van der Waals surface area contributed by atoms with Gasteiger partial charge in [-0.05, 0) is 172 Å². The number of allylic oxidation sites excluding steroid dienone is 4. The topological polar surface area (TPSA) is 13.0 Å². The molecule has 4 nitrogen and oxygen atoms in total. The molecule has 11 rings (SSSR count). The lowest BCUT2D eigenvalue weighted by molar-refractivity contribution is 0.728. The molecular formula is C68H56N4. The lowest BCUT2D eigenvalue weighted by Crippen LogP contribution is -2.27. The van der Waals surface area contributed by atoms with Crippen molar-refractivity contribution in [2.75, 3.05) is 26.1 Å². The van der Waals surface area contributed by atoms with Crippen molar-refractivity contribution in [3.05, 3.63) is 290 Å². The minimum atomic E-state index is 0.504. The molecule has 0 fully saturated rings. The normalized spacial score (nSPS) is 13.7. The number of hydrogen-bond donors (Lipinski definition) is 0. The van der Waals surface area contributed by atoms with Crippen LogP contribution in [0.4, 0.5) is 56.9 Å². The van der Waals surface area contributed by atoms with Gasteiger partial charge in [0.25, 0.3) is 0 Å². The van der Waals surface area contributed by atoms with Gasteiger partial charge in [-0.3, -0.25) is 0 Å². The molecule has 0 aromatic heterocycles. The molecule has 0 radical (unpaired) electrons. The van der Waals surface area contributed by atoms with E-state index in [1.54, 1.807) is 0 Å². The van der Waals surface area contributed by atoms with E-state index < -0.39 is 0 Å². The van der Waals surface area contributed by atoms with Crippen LogP contribution in [-0.4, -0.2) is 6.54 Å². The Labute approximate surface area is 423 Å². The third kappa shape index (κ3) is 9.72. The van der Waals surface area contributed by atoms with Gasteiger partial charge in [0, 0.05) is 69.1 Å². The average molecular weight is 929 g/mol. The summed E-state index contributed by atoms with van der Waals surface area (Å²) in [6.07, 6.45) is 14.2. The van der Waals surface area contributed by atoms with Gasteiger partial charge in [-0.25, -0.2) is 0 Å². The fourth-order valence-corrected chi connectivity index (χ4v) is 9.85. The second-order valence-electron chi connectivity index (χ2n) is 18.3. The summed E-state index contributed by atoms with van der Waals surface area (Å²) in [6, 6.07) is 87.4. The van der Waals surface area contributed by atoms with Crippen molar-refractivity contribution in [3.8, 4) is 0 Å². The first-order valence-electron chi connectivity index (χ1n) is 24.9. The molecule has 10 aromatic carbocycles. The lowest BCUT2D eigenvalue weighted by Gasteiger charge is -2.31. The summed E-state index contributed by atoms with van der Waals surface area (Å²) in [4.78, 5) is 9.45. The lowest BCUT2D eigenvalue weighted by atomic mass is 10.00. The van der Waals surface area contributed by atoms with E-state index in [-0.39, 0.29) is 0 Å². The maximum absolute atomic E-state index is 3.96. The maximum Gasteiger partial charge on any atom is 0.0468 e. The molecule has 348 valence electrons. The van der Waals surface area contributed by atoms with Gasteiger partial charge >= 0.3 is 0 Å². The summed E-state index contributed by atoms with van der Waals surface area (Å²) < 4.78 is 0. The zero-order valence-corrected chi connectivity index (χ0v) is 40.5. The molecule has 0 spiro atoms. The third-order valence-electron chi connectivity index (χ3n) is 13.6. The molecule has 0 saturated carbocycles. The second kappa shape index (κ2) is 20.9. The predicted molar refractivity (Wildman–Crippen MR) is 309 cm³/mol. The molecule has 0 bridgehead atoms. The highest BCUT2D eigenvalue weighted by molar-refractivity contribution is 5.91. The van der Waals surface area contributed by atoms with Crippen LogP contribution in [0.15, 0.2) is 279 Å². The first kappa shape index (κ1) is 45.3. The van der Waals surface area contributed by atoms with E-state index in [4.69, 9.17) is 0 Å². The Morgan fingerprint density at radius 2 is 0.792 bits per heavy atom. The smallest absolute Gasteiger partial charge is 0.0468 e. The number of anilines is 10. The van der Waals surface area contributed by atoms with Crippen LogP contribution >= 0.6 is 0 Å². The first-order chi connectivity index (χ1) is 35.6. The number of rotatable bonds is 14. The van der Waals surface area contributed by atoms with Crippen LogP contribution in [0.2, 0.25) is 0 Å². The van der Waals surface area contributed by atoms with Crippen molar-refractivity contribution in [2.24, 2.45) is 5.92 Å². The summed E-state index contributed by atoms with van der Waals surface area (Å²) in [5, 5.41) is 7.19. The van der Waals surface area contributed by atoms with Gasteiger partial charge in [-0.15, -0.1) is 0 Å². The van der Waals surface area contributed by atoms with E-state index in [2.05, 4.69) is 306 Å². The van der Waals surface area contributed by atoms with E-state index >= 15 is 0 Å². The van der Waals surface area contributed by atoms with Gasteiger partial charge in [0.05, 0.1) is 0 Å². The van der Waals surface area contributed by atoms with Crippen LogP contribution in [0.5, 0.6) is 0 Å². The molecule has 0 N–H and O–H groups in total. The fourth-order valence-electron chi connectivity index (χ4n) is 9.85. The van der Waals surface area contributed by atoms with Gasteiger partial charge in [0.1, 0.15) is 0 Å². The van der Waals surface area contributed by atoms with Crippen LogP contribution < -0.4 is 30.0 Å². The second-order valence-corrected chi connectivity index (χ2v) is 18.3. The number of para-hydroxylation sites is 2. The van der Waals surface area contributed by atoms with Crippen molar-refractivity contribution in [2.45, 2.75) is 13.3 Å². The van der Waals surface area contributed by atoms with Crippen LogP contribution in [0, 0.1) is 5.92 Å². The van der Waals surface area contributed by atoms with E-state index in [0.717, 1.165) is 68.5 Å². The molecule has 1 aliphatic carbocycles. The Balaban J connectivity index is 1.00. The zero-order chi connectivity index (χ0) is 48.6. The number of nitrogens with zero attached hydrogens (tertiary/aromatic N) is 4. The van der Waals surface area contributed by atoms with Gasteiger partial charge in [0.15, 0.2) is 0 Å². The quantitative estimate of drug-likeness (QED) is 0.108. The summed E-state index contributed by atoms with van der Waals surface area (Å²) in [5.74, 6) is 0.504. The maximum atomic E-state index is 3.96. The fraction of sp³-hybridized carbons (Fsp3) is 0.0588. The molecule has 1 unspecified atom stereocenters. The highest BCUT2D eigenvalue weighted by Crippen LogP contribution is 2.42. The van der Waals surface area contributed by atoms with Crippen molar-refractivity contribution in [1.82, 2.24) is 0 Å². The van der Waals surface area contributed by atoms with Gasteiger partial charge in [0.2, 0.25) is 0 Å². The molecule has 1 atom stereocenters. The van der Waals surface area contributed by atoms with Crippen LogP contribution in [0.1, 0.15) is 13.3 Å². The molecule has 1 aliphatic rings. The van der Waals surface area contributed by atoms with E-state index in [1.807, 2.05) is 6.08 Å². The Hall–Kier alpha value is -9.12. The van der Waals surface area contributed by atoms with E-state index in [0.29, 0.717) is 12.5 Å². The summed E-state index contributed by atoms with van der Waals surface area (Å²) in [7, 11) is 0. The average Bonchev–Trinajstić information content (AvgIpc) is 3.44. The molecule has 0 aliphatic heterocycles. The summed E-state index contributed by atoms with van der Waals surface area (Å²) in [6.45, 7) is 6.92. The molecule has 0 amide bonds. The molecular weight excluding hydrogens is 873 g/mol. The minimum Gasteiger partial charge on any atom is -0.338 e. The van der Waals surface area contributed by atoms with Crippen molar-refractivity contribution in [3.63, 3.8) is 0 Å². The Bertz CT molecular complexity index is 3670. The standard InChI is InChI=1S/C68H56N4/c1-3-16-52-17-10-11-20-55(52)47-48-69(58-23-6-4-7-24-58)59-35-37-62(38-36-59)70(63-39-43-65(44-40-63)71(60-25-8-5-9-26-60)67-33-29-53-18-12-14-21-56(53)49-67)64-41-45-66(46-42-64)72(61-31-27-51(2)28-32-61)68-34-30-54-19-13-15-22-57(54)50-68/h3-27,29-47,49-51H,1,28,48H2,2H3/b52-16-,55-47-. The molecule has 0 saturated heterocycles. The van der Waals surface area contributed by atoms with Gasteiger partial charge in [-0.2, -0.15) is 0 Å². The molecule has 0 heterocycles. The van der Waals surface area contributed by atoms with Gasteiger partial charge < -0.3 is 19.6 Å². The number of fused-ring (bicyclic) bond motifs is 2. The highest BCUT2D eigenvalue weighted by atomic mass is 15.2. The van der Waals surface area contributed by atoms with Crippen molar-refractivity contribution in [1.29, 1.82) is 0 Å². The third-order valence-corrected chi connectivity index (χ3v) is 13.6. The van der Waals surface area contributed by atoms with Gasteiger partial charge in [-0.1, -0.05) is 165 Å². The number of hydrogen-bond acceptors (Lipinski definition) is 4. The van der Waals surface area contributed by atoms with Crippen LogP contribution in [-0.2, 0) is 0 Å². The predicted octanol–water partition coefficient (Wildman–Crippen LogP) is 17.1. The van der Waals surface area contributed by atoms with E-state index in [9.17, 15) is 0 Å². The van der Waals surface area contributed by atoms with E-state index in [1.165, 1.54) is 32.5 Å². The summed E-state index contributed by atoms with van der Waals surface area (Å²) >= 11 is 0. The van der Waals surface area contributed by atoms with Crippen LogP contribution in [0.25, 0.3) is 33.7 Å². The zero-order valence-electron chi connectivity index (χ0n) is 40.5. The minimum absolute atomic E-state index is 0.504. The summed E-state index contributed by atoms with van der Waals surface area (Å²) in [5.41, 5.74) is 12.1. The number of benzene rings is 10.